The van der Waals surface area contributed by atoms with Crippen molar-refractivity contribution in [1.29, 1.82) is 0 Å². The predicted octanol–water partition coefficient (Wildman–Crippen LogP) is 13.3. The molecule has 5 nitrogen and oxygen atoms in total. The number of pyridine rings is 2. The minimum Gasteiger partial charge on any atom is -0.486 e. The van der Waals surface area contributed by atoms with E-state index in [2.05, 4.69) is 152 Å². The number of aromatic nitrogens is 4. The number of rotatable bonds is 6. The molecule has 7 heteroatoms. The fraction of sp³-hybridized carbons (Fsp3) is 0.212. The van der Waals surface area contributed by atoms with Gasteiger partial charge in [-0.2, -0.15) is 0 Å². The van der Waals surface area contributed by atoms with Crippen LogP contribution in [0.25, 0.3) is 72.6 Å². The van der Waals surface area contributed by atoms with Crippen molar-refractivity contribution >= 4 is 46.4 Å². The zero-order valence-electron chi connectivity index (χ0n) is 36.2. The van der Waals surface area contributed by atoms with Crippen LogP contribution >= 0.6 is 0 Å². The molecule has 0 spiro atoms. The minimum atomic E-state index is -1.29. The third-order valence-electron chi connectivity index (χ3n) is 10.7. The van der Waals surface area contributed by atoms with Crippen LogP contribution in [0.5, 0.6) is 0 Å². The molecule has 0 aliphatic heterocycles. The number of nitrogens with zero attached hydrogens (tertiary/aromatic N) is 4. The fourth-order valence-corrected chi connectivity index (χ4v) is 8.29. The molecule has 0 fully saturated rings. The summed E-state index contributed by atoms with van der Waals surface area (Å²) in [5, 5.41) is 3.37. The summed E-state index contributed by atoms with van der Waals surface area (Å²) in [4.78, 5) is 14.4. The molecule has 0 unspecified atom stereocenters. The van der Waals surface area contributed by atoms with E-state index in [-0.39, 0.29) is 25.5 Å². The molecule has 59 heavy (non-hydrogen) atoms. The fourth-order valence-electron chi connectivity index (χ4n) is 7.26. The van der Waals surface area contributed by atoms with E-state index < -0.39 is 14.0 Å². The quantitative estimate of drug-likeness (QED) is 0.123. The van der Waals surface area contributed by atoms with Gasteiger partial charge < -0.3 is 14.0 Å². The van der Waals surface area contributed by atoms with Crippen molar-refractivity contribution in [2.75, 3.05) is 0 Å². The van der Waals surface area contributed by atoms with Gasteiger partial charge in [0, 0.05) is 50.0 Å². The average Bonchev–Trinajstić information content (AvgIpc) is 3.78. The summed E-state index contributed by atoms with van der Waals surface area (Å²) in [6, 6.07) is 50.6. The standard InChI is InChI=1S/C35H28N3O.C17H22NSi.Ir/c1-22-17-19-26-25-13-10-14-27(32(25)39-34(26)36-22)33-37-29-15-8-9-16-31(29)38(33)30-20-18-24(35(2,3)4)21-28(30)23-11-6-5-7-12-23;1-13(2)14-6-8-15(9-7-14)17-11-10-16(12-18-17)19(3,4)5;/h5-13,15-21H,1-4H3;6-8,10-13H,1-5H3;/q2*-1;/i;13D;. The Bertz CT molecular complexity index is 2880. The first-order chi connectivity index (χ1) is 28.1. The smallest absolute Gasteiger partial charge is 0.216 e. The average molecular weight is 968 g/mol. The van der Waals surface area contributed by atoms with Gasteiger partial charge in [0.15, 0.2) is 0 Å². The largest absolute Gasteiger partial charge is 0.486 e. The summed E-state index contributed by atoms with van der Waals surface area (Å²) >= 11 is 0. The summed E-state index contributed by atoms with van der Waals surface area (Å²) in [5.74, 6) is 0.211. The van der Waals surface area contributed by atoms with Crippen molar-refractivity contribution in [2.24, 2.45) is 0 Å². The van der Waals surface area contributed by atoms with Crippen molar-refractivity contribution in [3.05, 3.63) is 163 Å². The van der Waals surface area contributed by atoms with Crippen molar-refractivity contribution in [2.45, 2.75) is 72.5 Å². The first kappa shape index (κ1) is 40.3. The number of furan rings is 1. The maximum atomic E-state index is 8.01. The second kappa shape index (κ2) is 16.7. The van der Waals surface area contributed by atoms with E-state index >= 15 is 0 Å². The van der Waals surface area contributed by atoms with E-state index in [9.17, 15) is 0 Å². The van der Waals surface area contributed by atoms with Gasteiger partial charge >= 0.3 is 0 Å². The Morgan fingerprint density at radius 1 is 0.797 bits per heavy atom. The molecule has 0 N–H and O–H groups in total. The minimum absolute atomic E-state index is 0. The van der Waals surface area contributed by atoms with Crippen molar-refractivity contribution in [3.63, 3.8) is 0 Å². The van der Waals surface area contributed by atoms with E-state index in [0.717, 1.165) is 78.1 Å². The Balaban J connectivity index is 0.000000220. The molecular formula is C52H50IrN4OSi-2. The molecule has 4 aromatic heterocycles. The maximum Gasteiger partial charge on any atom is 0.216 e. The number of benzene rings is 5. The molecule has 0 saturated heterocycles. The SMILES string of the molecule is Cc1ccc2c(n1)oc1c(-c3nc4ccccc4n3-c3ccc(C(C)(C)C)cc3-c3ccccc3)[c-]ccc12.[2H]C(C)(C)c1c[c-]c(-c2ccc([Si](C)(C)C)cn2)cc1.[Ir]. The number of fused-ring (bicyclic) bond motifs is 4. The summed E-state index contributed by atoms with van der Waals surface area (Å²) in [5.41, 5.74) is 12.6. The molecular weight excluding hydrogens is 917 g/mol. The van der Waals surface area contributed by atoms with E-state index in [1.807, 2.05) is 69.4 Å². The number of imidazole rings is 1. The zero-order valence-corrected chi connectivity index (χ0v) is 38.6. The van der Waals surface area contributed by atoms with Gasteiger partial charge in [-0.3, -0.25) is 4.98 Å². The van der Waals surface area contributed by atoms with Crippen LogP contribution in [0.2, 0.25) is 19.6 Å². The molecule has 0 bridgehead atoms. The van der Waals surface area contributed by atoms with E-state index in [1.54, 1.807) is 0 Å². The normalized spacial score (nSPS) is 12.3. The van der Waals surface area contributed by atoms with Crippen LogP contribution in [0.15, 0.2) is 138 Å². The molecule has 0 aliphatic carbocycles. The van der Waals surface area contributed by atoms with Gasteiger partial charge in [-0.1, -0.05) is 132 Å². The van der Waals surface area contributed by atoms with Crippen LogP contribution in [0.4, 0.5) is 0 Å². The number of para-hydroxylation sites is 2. The Morgan fingerprint density at radius 2 is 1.56 bits per heavy atom. The Kier molecular flexibility index (Phi) is 11.4. The van der Waals surface area contributed by atoms with Gasteiger partial charge in [-0.15, -0.1) is 53.6 Å². The Morgan fingerprint density at radius 3 is 2.24 bits per heavy atom. The zero-order chi connectivity index (χ0) is 41.7. The van der Waals surface area contributed by atoms with Gasteiger partial charge in [0.05, 0.1) is 30.5 Å². The second-order valence-corrected chi connectivity index (χ2v) is 22.4. The van der Waals surface area contributed by atoms with Crippen molar-refractivity contribution < 1.29 is 25.9 Å². The van der Waals surface area contributed by atoms with Crippen molar-refractivity contribution in [3.8, 4) is 39.5 Å². The van der Waals surface area contributed by atoms with E-state index in [1.165, 1.54) is 10.8 Å². The Labute approximate surface area is 364 Å². The number of hydrogen-bond donors (Lipinski definition) is 0. The summed E-state index contributed by atoms with van der Waals surface area (Å²) < 4.78 is 16.7. The summed E-state index contributed by atoms with van der Waals surface area (Å²) in [6.07, 6.45) is 2.00. The van der Waals surface area contributed by atoms with Crippen LogP contribution in [0.1, 0.15) is 58.7 Å². The van der Waals surface area contributed by atoms with Gasteiger partial charge in [0.2, 0.25) is 5.71 Å². The first-order valence-corrected chi connectivity index (χ1v) is 23.4. The molecule has 299 valence electrons. The van der Waals surface area contributed by atoms with Crippen LogP contribution < -0.4 is 5.19 Å². The third kappa shape index (κ3) is 8.51. The van der Waals surface area contributed by atoms with Gasteiger partial charge in [0.1, 0.15) is 0 Å². The van der Waals surface area contributed by atoms with Gasteiger partial charge in [-0.05, 0) is 70.7 Å². The van der Waals surface area contributed by atoms with Gasteiger partial charge in [-0.25, -0.2) is 4.98 Å². The predicted molar refractivity (Wildman–Crippen MR) is 245 cm³/mol. The van der Waals surface area contributed by atoms with E-state index in [0.29, 0.717) is 5.71 Å². The van der Waals surface area contributed by atoms with Crippen LogP contribution in [0.3, 0.4) is 0 Å². The molecule has 0 atom stereocenters. The summed E-state index contributed by atoms with van der Waals surface area (Å²) in [6.45, 7) is 19.5. The maximum absolute atomic E-state index is 8.01. The van der Waals surface area contributed by atoms with Crippen molar-refractivity contribution in [1.82, 2.24) is 19.5 Å². The number of aryl methyl sites for hydroxylation is 1. The number of hydrogen-bond acceptors (Lipinski definition) is 4. The first-order valence-electron chi connectivity index (χ1n) is 20.4. The molecule has 9 rings (SSSR count). The molecule has 9 aromatic rings. The molecule has 5 aromatic carbocycles. The third-order valence-corrected chi connectivity index (χ3v) is 12.7. The van der Waals surface area contributed by atoms with Gasteiger partial charge in [0.25, 0.3) is 0 Å². The molecule has 4 heterocycles. The monoisotopic (exact) mass is 968 g/mol. The van der Waals surface area contributed by atoms with Crippen LogP contribution in [-0.4, -0.2) is 27.6 Å². The second-order valence-electron chi connectivity index (χ2n) is 17.3. The van der Waals surface area contributed by atoms with Crippen LogP contribution in [-0.2, 0) is 25.5 Å². The summed E-state index contributed by atoms with van der Waals surface area (Å²) in [7, 11) is -1.29. The van der Waals surface area contributed by atoms with Crippen LogP contribution in [0, 0.1) is 19.1 Å². The van der Waals surface area contributed by atoms with E-state index in [4.69, 9.17) is 10.8 Å². The molecule has 1 radical (unpaired) electrons. The Hall–Kier alpha value is -5.46. The molecule has 0 saturated carbocycles. The topological polar surface area (TPSA) is 56.7 Å². The molecule has 0 amide bonds. The molecule has 0 aliphatic rings.